The lowest BCUT2D eigenvalue weighted by atomic mass is 10.0. The minimum absolute atomic E-state index is 0.00210. The molecule has 2 N–H and O–H groups in total. The van der Waals surface area contributed by atoms with E-state index in [4.69, 9.17) is 21.1 Å². The number of ether oxygens (including phenoxy) is 2. The van der Waals surface area contributed by atoms with E-state index in [2.05, 4.69) is 17.1 Å². The van der Waals surface area contributed by atoms with Crippen LogP contribution in [0.15, 0.2) is 48.5 Å². The van der Waals surface area contributed by atoms with Crippen molar-refractivity contribution < 1.29 is 19.4 Å². The van der Waals surface area contributed by atoms with Crippen LogP contribution in [0.2, 0.25) is 5.02 Å². The van der Waals surface area contributed by atoms with Crippen molar-refractivity contribution in [1.29, 1.82) is 0 Å². The molecule has 2 aromatic rings. The molecule has 1 heterocycles. The number of hydrogen-bond donors (Lipinski definition) is 2. The Morgan fingerprint density at radius 3 is 2.79 bits per heavy atom. The van der Waals surface area contributed by atoms with Gasteiger partial charge in [0.1, 0.15) is 5.75 Å². The number of carbonyl (C=O) groups excluding carboxylic acids is 1. The second kappa shape index (κ2) is 9.59. The molecule has 2 atom stereocenters. The van der Waals surface area contributed by atoms with E-state index in [0.717, 1.165) is 18.5 Å². The maximum absolute atomic E-state index is 11.3. The first kappa shape index (κ1) is 21.6. The summed E-state index contributed by atoms with van der Waals surface area (Å²) >= 11 is 6.08. The van der Waals surface area contributed by atoms with Gasteiger partial charge in [-0.05, 0) is 43.2 Å². The molecule has 1 aliphatic heterocycles. The van der Waals surface area contributed by atoms with Crippen LogP contribution in [-0.2, 0) is 21.7 Å². The molecule has 1 aliphatic rings. The molecule has 0 radical (unpaired) electrons. The van der Waals surface area contributed by atoms with E-state index in [1.54, 1.807) is 19.2 Å². The number of β-amino-alcohol motifs (C(OH)–C–C–N with tert-alkyl or cyclic N) is 1. The number of aliphatic hydroxyl groups is 1. The van der Waals surface area contributed by atoms with Crippen LogP contribution in [0, 0.1) is 0 Å². The highest BCUT2D eigenvalue weighted by atomic mass is 35.5. The van der Waals surface area contributed by atoms with Crippen LogP contribution in [0.5, 0.6) is 5.75 Å². The van der Waals surface area contributed by atoms with Crippen LogP contribution < -0.4 is 10.1 Å². The van der Waals surface area contributed by atoms with Crippen molar-refractivity contribution in [2.24, 2.45) is 0 Å². The Morgan fingerprint density at radius 2 is 2.10 bits per heavy atom. The average Bonchev–Trinajstić information content (AvgIpc) is 2.73. The summed E-state index contributed by atoms with van der Waals surface area (Å²) in [6.07, 6.45) is 0.821. The molecule has 0 aromatic heterocycles. The van der Waals surface area contributed by atoms with E-state index >= 15 is 0 Å². The van der Waals surface area contributed by atoms with Crippen molar-refractivity contribution in [3.8, 4) is 5.75 Å². The van der Waals surface area contributed by atoms with Gasteiger partial charge in [-0.2, -0.15) is 0 Å². The first-order chi connectivity index (χ1) is 13.9. The summed E-state index contributed by atoms with van der Waals surface area (Å²) in [5.74, 6) is -0.872. The predicted molar refractivity (Wildman–Crippen MR) is 112 cm³/mol. The topological polar surface area (TPSA) is 71.0 Å². The Kier molecular flexibility index (Phi) is 7.14. The minimum Gasteiger partial charge on any atom is -0.484 e. The molecule has 1 saturated heterocycles. The summed E-state index contributed by atoms with van der Waals surface area (Å²) in [6, 6.07) is 15.1. The van der Waals surface area contributed by atoms with Gasteiger partial charge >= 0.3 is 0 Å². The second-order valence-electron chi connectivity index (χ2n) is 7.27. The Hall–Kier alpha value is -2.12. The second-order valence-corrected chi connectivity index (χ2v) is 7.71. The molecular weight excluding hydrogens is 392 g/mol. The highest BCUT2D eigenvalue weighted by Crippen LogP contribution is 2.30. The molecule has 3 rings (SSSR count). The van der Waals surface area contributed by atoms with Gasteiger partial charge in [-0.15, -0.1) is 0 Å². The van der Waals surface area contributed by atoms with Crippen LogP contribution >= 0.6 is 11.6 Å². The maximum Gasteiger partial charge on any atom is 0.257 e. The highest BCUT2D eigenvalue weighted by Gasteiger charge is 2.37. The number of benzene rings is 2. The molecule has 2 aromatic carbocycles. The summed E-state index contributed by atoms with van der Waals surface area (Å²) in [5.41, 5.74) is 1.82. The molecule has 156 valence electrons. The molecular formula is C22H27ClN2O4. The van der Waals surface area contributed by atoms with E-state index in [9.17, 15) is 9.90 Å². The molecule has 7 heteroatoms. The van der Waals surface area contributed by atoms with Gasteiger partial charge in [-0.3, -0.25) is 9.69 Å². The molecule has 1 amide bonds. The third-order valence-electron chi connectivity index (χ3n) is 5.14. The quantitative estimate of drug-likeness (QED) is 0.723. The van der Waals surface area contributed by atoms with Crippen LogP contribution in [0.25, 0.3) is 0 Å². The molecule has 0 bridgehead atoms. The van der Waals surface area contributed by atoms with Crippen LogP contribution in [0.3, 0.4) is 0 Å². The Morgan fingerprint density at radius 1 is 1.34 bits per heavy atom. The lowest BCUT2D eigenvalue weighted by Gasteiger charge is -2.42. The number of hydrogen-bond acceptors (Lipinski definition) is 5. The van der Waals surface area contributed by atoms with Crippen LogP contribution in [0.4, 0.5) is 0 Å². The van der Waals surface area contributed by atoms with Crippen LogP contribution in [0.1, 0.15) is 18.1 Å². The van der Waals surface area contributed by atoms with Crippen molar-refractivity contribution in [3.05, 3.63) is 64.7 Å². The summed E-state index contributed by atoms with van der Waals surface area (Å²) in [6.45, 7) is 3.71. The Balaban J connectivity index is 1.60. The zero-order valence-electron chi connectivity index (χ0n) is 16.7. The van der Waals surface area contributed by atoms with Gasteiger partial charge in [-0.25, -0.2) is 0 Å². The predicted octanol–water partition coefficient (Wildman–Crippen LogP) is 2.57. The number of halogens is 1. The van der Waals surface area contributed by atoms with E-state index < -0.39 is 5.79 Å². The fourth-order valence-electron chi connectivity index (χ4n) is 3.43. The summed E-state index contributed by atoms with van der Waals surface area (Å²) in [4.78, 5) is 13.5. The fourth-order valence-corrected chi connectivity index (χ4v) is 3.62. The number of nitrogens with one attached hydrogen (secondary N) is 1. The smallest absolute Gasteiger partial charge is 0.257 e. The summed E-state index contributed by atoms with van der Waals surface area (Å²) < 4.78 is 11.2. The van der Waals surface area contributed by atoms with E-state index in [-0.39, 0.29) is 18.6 Å². The zero-order valence-corrected chi connectivity index (χ0v) is 17.5. The lowest BCUT2D eigenvalue weighted by molar-refractivity contribution is -0.251. The van der Waals surface area contributed by atoms with Crippen LogP contribution in [-0.4, -0.2) is 55.3 Å². The van der Waals surface area contributed by atoms with Crippen molar-refractivity contribution in [3.63, 3.8) is 0 Å². The third-order valence-corrected chi connectivity index (χ3v) is 5.37. The van der Waals surface area contributed by atoms with Gasteiger partial charge in [-0.1, -0.05) is 35.9 Å². The Labute approximate surface area is 176 Å². The number of likely N-dealkylation sites (N-methyl/N-ethyl adjacent to an activating group) is 1. The normalized spacial score (nSPS) is 20.8. The monoisotopic (exact) mass is 418 g/mol. The zero-order chi connectivity index (χ0) is 20.9. The number of rotatable bonds is 7. The van der Waals surface area contributed by atoms with Crippen molar-refractivity contribution in [1.82, 2.24) is 10.2 Å². The maximum atomic E-state index is 11.3. The standard InChI is InChI=1S/C22H27ClN2O4/c1-16(12-17-6-8-20(9-7-17)28-14-21(26)24-2)25-10-11-29-22(27,15-25)18-4-3-5-19(23)13-18/h3-9,13,16,27H,10-12,14-15H2,1-2H3,(H,24,26). The largest absolute Gasteiger partial charge is 0.484 e. The minimum atomic E-state index is -1.37. The van der Waals surface area contributed by atoms with Gasteiger partial charge in [0.2, 0.25) is 5.79 Å². The Bertz CT molecular complexity index is 830. The van der Waals surface area contributed by atoms with Gasteiger partial charge in [0, 0.05) is 30.2 Å². The van der Waals surface area contributed by atoms with Crippen molar-refractivity contribution in [2.75, 3.05) is 33.4 Å². The number of morpholine rings is 1. The molecule has 1 fully saturated rings. The molecule has 29 heavy (non-hydrogen) atoms. The van der Waals surface area contributed by atoms with Gasteiger partial charge < -0.3 is 19.9 Å². The van der Waals surface area contributed by atoms with E-state index in [1.807, 2.05) is 36.4 Å². The number of nitrogens with zero attached hydrogens (tertiary/aromatic N) is 1. The first-order valence-corrected chi connectivity index (χ1v) is 10.1. The van der Waals surface area contributed by atoms with Gasteiger partial charge in [0.15, 0.2) is 6.61 Å². The van der Waals surface area contributed by atoms with Crippen molar-refractivity contribution in [2.45, 2.75) is 25.2 Å². The summed E-state index contributed by atoms with van der Waals surface area (Å²) in [5, 5.41) is 14.1. The SMILES string of the molecule is CNC(=O)COc1ccc(CC(C)N2CCOC(O)(c3cccc(Cl)c3)C2)cc1. The third kappa shape index (κ3) is 5.70. The molecule has 0 spiro atoms. The number of amides is 1. The molecule has 0 aliphatic carbocycles. The molecule has 0 saturated carbocycles. The highest BCUT2D eigenvalue weighted by molar-refractivity contribution is 6.30. The lowest BCUT2D eigenvalue weighted by Crippen LogP contribution is -2.53. The van der Waals surface area contributed by atoms with E-state index in [1.165, 1.54) is 0 Å². The van der Waals surface area contributed by atoms with E-state index in [0.29, 0.717) is 29.5 Å². The van der Waals surface area contributed by atoms with Crippen molar-refractivity contribution >= 4 is 17.5 Å². The summed E-state index contributed by atoms with van der Waals surface area (Å²) in [7, 11) is 1.58. The fraction of sp³-hybridized carbons (Fsp3) is 0.409. The number of carbonyl (C=O) groups is 1. The average molecular weight is 419 g/mol. The van der Waals surface area contributed by atoms with Gasteiger partial charge in [0.05, 0.1) is 13.2 Å². The van der Waals surface area contributed by atoms with Gasteiger partial charge in [0.25, 0.3) is 5.91 Å². The first-order valence-electron chi connectivity index (χ1n) is 9.68. The molecule has 2 unspecified atom stereocenters. The molecule has 6 nitrogen and oxygen atoms in total.